The molecule has 0 amide bonds. The number of piperazine rings is 1. The Labute approximate surface area is 136 Å². The van der Waals surface area contributed by atoms with Gasteiger partial charge in [0.1, 0.15) is 12.1 Å². The van der Waals surface area contributed by atoms with Gasteiger partial charge in [-0.05, 0) is 19.1 Å². The van der Waals surface area contributed by atoms with Crippen LogP contribution in [0.2, 0.25) is 0 Å². The third kappa shape index (κ3) is 2.79. The number of aryl methyl sites for hydroxylation is 1. The third-order valence-electron chi connectivity index (χ3n) is 4.81. The molecule has 2 aromatic rings. The number of anilines is 1. The van der Waals surface area contributed by atoms with Gasteiger partial charge in [0.15, 0.2) is 9.84 Å². The van der Waals surface area contributed by atoms with Crippen molar-refractivity contribution in [2.45, 2.75) is 13.0 Å². The highest BCUT2D eigenvalue weighted by molar-refractivity contribution is 7.91. The molecule has 0 spiro atoms. The molecular weight excluding hydrogens is 312 g/mol. The van der Waals surface area contributed by atoms with Crippen molar-refractivity contribution < 1.29 is 8.42 Å². The number of rotatable bonds is 1. The van der Waals surface area contributed by atoms with Gasteiger partial charge in [0, 0.05) is 37.6 Å². The van der Waals surface area contributed by atoms with Crippen molar-refractivity contribution in [1.29, 1.82) is 0 Å². The lowest BCUT2D eigenvalue weighted by Crippen LogP contribution is -2.59. The van der Waals surface area contributed by atoms with Crippen molar-refractivity contribution in [2.24, 2.45) is 0 Å². The molecule has 1 aromatic carbocycles. The van der Waals surface area contributed by atoms with E-state index in [4.69, 9.17) is 0 Å². The van der Waals surface area contributed by atoms with Crippen molar-refractivity contribution in [2.75, 3.05) is 42.6 Å². The summed E-state index contributed by atoms with van der Waals surface area (Å²) in [5.41, 5.74) is 2.10. The lowest BCUT2D eigenvalue weighted by atomic mass is 10.1. The van der Waals surface area contributed by atoms with Crippen molar-refractivity contribution in [1.82, 2.24) is 14.9 Å². The molecule has 0 saturated carbocycles. The standard InChI is InChI=1S/C16H20N4O2S/c1-12-2-3-15-14(8-12)16(18-11-17-15)20-5-4-19-6-7-23(21,22)10-13(19)9-20/h2-3,8,11,13H,4-7,9-10H2,1H3/t13-/m1/s1. The zero-order valence-electron chi connectivity index (χ0n) is 13.1. The van der Waals surface area contributed by atoms with Gasteiger partial charge in [0.05, 0.1) is 17.0 Å². The molecule has 2 saturated heterocycles. The zero-order chi connectivity index (χ0) is 16.0. The van der Waals surface area contributed by atoms with E-state index in [0.29, 0.717) is 18.8 Å². The Morgan fingerprint density at radius 1 is 1.17 bits per heavy atom. The minimum absolute atomic E-state index is 0.0670. The summed E-state index contributed by atoms with van der Waals surface area (Å²) in [6.45, 7) is 5.18. The lowest BCUT2D eigenvalue weighted by Gasteiger charge is -2.44. The molecule has 122 valence electrons. The highest BCUT2D eigenvalue weighted by Gasteiger charge is 2.35. The summed E-state index contributed by atoms with van der Waals surface area (Å²) in [5, 5.41) is 1.04. The topological polar surface area (TPSA) is 66.4 Å². The maximum atomic E-state index is 11.9. The van der Waals surface area contributed by atoms with Crippen LogP contribution in [0.3, 0.4) is 0 Å². The molecule has 2 aliphatic heterocycles. The van der Waals surface area contributed by atoms with Gasteiger partial charge in [0.25, 0.3) is 0 Å². The van der Waals surface area contributed by atoms with E-state index in [0.717, 1.165) is 29.8 Å². The molecule has 2 fully saturated rings. The Balaban J connectivity index is 1.68. The molecule has 0 N–H and O–H groups in total. The monoisotopic (exact) mass is 332 g/mol. The van der Waals surface area contributed by atoms with Crippen molar-refractivity contribution in [3.63, 3.8) is 0 Å². The second-order valence-corrected chi connectivity index (χ2v) is 8.70. The van der Waals surface area contributed by atoms with Crippen molar-refractivity contribution in [3.8, 4) is 0 Å². The zero-order valence-corrected chi connectivity index (χ0v) is 14.0. The fourth-order valence-electron chi connectivity index (χ4n) is 3.58. The summed E-state index contributed by atoms with van der Waals surface area (Å²) in [5.74, 6) is 1.46. The number of benzene rings is 1. The highest BCUT2D eigenvalue weighted by Crippen LogP contribution is 2.27. The Kier molecular flexibility index (Phi) is 3.50. The molecule has 6 nitrogen and oxygen atoms in total. The molecule has 0 aliphatic carbocycles. The van der Waals surface area contributed by atoms with Crippen LogP contribution in [0.25, 0.3) is 10.9 Å². The van der Waals surface area contributed by atoms with Gasteiger partial charge in [-0.1, -0.05) is 11.6 Å². The van der Waals surface area contributed by atoms with E-state index < -0.39 is 9.84 Å². The first-order chi connectivity index (χ1) is 11.0. The number of hydrogen-bond donors (Lipinski definition) is 0. The Morgan fingerprint density at radius 3 is 2.91 bits per heavy atom. The van der Waals surface area contributed by atoms with Crippen molar-refractivity contribution >= 4 is 26.6 Å². The van der Waals surface area contributed by atoms with E-state index >= 15 is 0 Å². The smallest absolute Gasteiger partial charge is 0.153 e. The van der Waals surface area contributed by atoms with E-state index in [2.05, 4.69) is 32.8 Å². The van der Waals surface area contributed by atoms with Gasteiger partial charge >= 0.3 is 0 Å². The van der Waals surface area contributed by atoms with Crippen molar-refractivity contribution in [3.05, 3.63) is 30.1 Å². The van der Waals surface area contributed by atoms with Gasteiger partial charge in [-0.15, -0.1) is 0 Å². The molecular formula is C16H20N4O2S. The van der Waals surface area contributed by atoms with Crippen LogP contribution in [-0.4, -0.2) is 67.0 Å². The molecule has 1 atom stereocenters. The molecule has 23 heavy (non-hydrogen) atoms. The normalized spacial score (nSPS) is 24.6. The summed E-state index contributed by atoms with van der Waals surface area (Å²) in [4.78, 5) is 13.3. The fourth-order valence-corrected chi connectivity index (χ4v) is 5.16. The number of fused-ring (bicyclic) bond motifs is 2. The number of sulfone groups is 1. The first kappa shape index (κ1) is 14.8. The molecule has 1 aromatic heterocycles. The number of hydrogen-bond acceptors (Lipinski definition) is 6. The SMILES string of the molecule is Cc1ccc2ncnc(N3CCN4CCS(=O)(=O)C[C@H]4C3)c2c1. The molecule has 3 heterocycles. The van der Waals surface area contributed by atoms with E-state index in [-0.39, 0.29) is 11.8 Å². The average Bonchev–Trinajstić information content (AvgIpc) is 2.52. The highest BCUT2D eigenvalue weighted by atomic mass is 32.2. The van der Waals surface area contributed by atoms with Crippen LogP contribution in [0, 0.1) is 6.92 Å². The van der Waals surface area contributed by atoms with Crippen LogP contribution in [0.5, 0.6) is 0 Å². The van der Waals surface area contributed by atoms with Crippen LogP contribution in [0.4, 0.5) is 5.82 Å². The molecule has 4 rings (SSSR count). The molecule has 2 aliphatic rings. The van der Waals surface area contributed by atoms with Crippen LogP contribution < -0.4 is 4.90 Å². The maximum Gasteiger partial charge on any atom is 0.153 e. The quantitative estimate of drug-likeness (QED) is 0.772. The first-order valence-corrected chi connectivity index (χ1v) is 9.75. The number of aromatic nitrogens is 2. The Morgan fingerprint density at radius 2 is 2.04 bits per heavy atom. The molecule has 7 heteroatoms. The minimum Gasteiger partial charge on any atom is -0.353 e. The van der Waals surface area contributed by atoms with Crippen LogP contribution in [0.15, 0.2) is 24.5 Å². The van der Waals surface area contributed by atoms with Crippen LogP contribution in [0.1, 0.15) is 5.56 Å². The second-order valence-electron chi connectivity index (χ2n) is 6.47. The first-order valence-electron chi connectivity index (χ1n) is 7.93. The summed E-state index contributed by atoms with van der Waals surface area (Å²) in [7, 11) is -2.91. The Hall–Kier alpha value is -1.73. The largest absolute Gasteiger partial charge is 0.353 e. The summed E-state index contributed by atoms with van der Waals surface area (Å²) in [6.07, 6.45) is 1.59. The molecule has 0 bridgehead atoms. The lowest BCUT2D eigenvalue weighted by molar-refractivity contribution is 0.193. The third-order valence-corrected chi connectivity index (χ3v) is 6.51. The average molecular weight is 332 g/mol. The van der Waals surface area contributed by atoms with Gasteiger partial charge in [-0.3, -0.25) is 4.90 Å². The predicted molar refractivity (Wildman–Crippen MR) is 90.5 cm³/mol. The van der Waals surface area contributed by atoms with Crippen LogP contribution >= 0.6 is 0 Å². The van der Waals surface area contributed by atoms with Gasteiger partial charge < -0.3 is 4.90 Å². The second kappa shape index (κ2) is 5.42. The number of nitrogens with zero attached hydrogens (tertiary/aromatic N) is 4. The minimum atomic E-state index is -2.91. The van der Waals surface area contributed by atoms with E-state index in [9.17, 15) is 8.42 Å². The van der Waals surface area contributed by atoms with Gasteiger partial charge in [-0.2, -0.15) is 0 Å². The maximum absolute atomic E-state index is 11.9. The van der Waals surface area contributed by atoms with E-state index in [1.54, 1.807) is 6.33 Å². The van der Waals surface area contributed by atoms with Gasteiger partial charge in [-0.25, -0.2) is 18.4 Å². The van der Waals surface area contributed by atoms with E-state index in [1.165, 1.54) is 5.56 Å². The van der Waals surface area contributed by atoms with Gasteiger partial charge in [0.2, 0.25) is 0 Å². The summed E-state index contributed by atoms with van der Waals surface area (Å²) >= 11 is 0. The predicted octanol–water partition coefficient (Wildman–Crippen LogP) is 0.857. The summed E-state index contributed by atoms with van der Waals surface area (Å²) < 4.78 is 23.9. The summed E-state index contributed by atoms with van der Waals surface area (Å²) in [6, 6.07) is 6.23. The molecule has 0 radical (unpaired) electrons. The van der Waals surface area contributed by atoms with E-state index in [1.807, 2.05) is 12.1 Å². The van der Waals surface area contributed by atoms with Crippen LogP contribution in [-0.2, 0) is 9.84 Å². The Bertz CT molecular complexity index is 852. The fraction of sp³-hybridized carbons (Fsp3) is 0.500. The molecule has 0 unspecified atom stereocenters.